The van der Waals surface area contributed by atoms with Crippen molar-refractivity contribution >= 4 is 35.1 Å². The number of ether oxygens (including phenoxy) is 4. The van der Waals surface area contributed by atoms with Gasteiger partial charge in [0.15, 0.2) is 0 Å². The van der Waals surface area contributed by atoms with Crippen LogP contribution in [0.15, 0.2) is 0 Å². The van der Waals surface area contributed by atoms with Crippen LogP contribution in [0.5, 0.6) is 11.8 Å². The second-order valence-electron chi connectivity index (χ2n) is 9.99. The van der Waals surface area contributed by atoms with Crippen molar-refractivity contribution in [2.45, 2.75) is 38.5 Å². The van der Waals surface area contributed by atoms with Crippen molar-refractivity contribution in [3.63, 3.8) is 0 Å². The van der Waals surface area contributed by atoms with Gasteiger partial charge in [-0.3, -0.25) is 4.90 Å². The second kappa shape index (κ2) is 13.3. The summed E-state index contributed by atoms with van der Waals surface area (Å²) >= 11 is 2.18. The van der Waals surface area contributed by atoms with Gasteiger partial charge in [-0.1, -0.05) is 0 Å². The topological polar surface area (TPSA) is 139 Å². The molecule has 0 aliphatic carbocycles. The summed E-state index contributed by atoms with van der Waals surface area (Å²) in [6.45, 7) is 12.3. The Morgan fingerprint density at radius 3 is 1.57 bits per heavy atom. The summed E-state index contributed by atoms with van der Waals surface area (Å²) in [5.41, 5.74) is -0.301. The number of β-amino-alcohol motifs (C(OH)–C–C–N with tert-alkyl or cyclic N) is 2. The number of aliphatic hydroxyl groups excluding tert-OH is 2. The number of hydrogen-bond acceptors (Lipinski definition) is 15. The highest BCUT2D eigenvalue weighted by Gasteiger charge is 2.28. The summed E-state index contributed by atoms with van der Waals surface area (Å²) in [4.78, 5) is 6.17. The van der Waals surface area contributed by atoms with E-state index in [2.05, 4.69) is 27.3 Å². The summed E-state index contributed by atoms with van der Waals surface area (Å²) < 4.78 is 39.7. The molecule has 0 radical (unpaired) electrons. The molecule has 2 fully saturated rings. The third-order valence-electron chi connectivity index (χ3n) is 6.14. The van der Waals surface area contributed by atoms with Crippen LogP contribution < -0.4 is 19.3 Å². The zero-order valence-corrected chi connectivity index (χ0v) is 23.2. The molecule has 0 bridgehead atoms. The average molecular weight is 560 g/mol. The van der Waals surface area contributed by atoms with Crippen LogP contribution in [0.2, 0.25) is 0 Å². The largest absolute Gasteiger partial charge is 0.472 e. The molecule has 4 heterocycles. The van der Waals surface area contributed by atoms with Crippen molar-refractivity contribution in [2.24, 2.45) is 0 Å². The molecule has 2 aliphatic rings. The second-order valence-corrected chi connectivity index (χ2v) is 11.0. The Kier molecular flexibility index (Phi) is 10.1. The van der Waals surface area contributed by atoms with Crippen molar-refractivity contribution in [3.8, 4) is 11.8 Å². The average Bonchev–Trinajstić information content (AvgIpc) is 3.56. The SMILES string of the molecule is CC(C)(C)N(CC(O)COc1nsnc1N1CCOCC1)CC(O)COc1nsnc1N1CCOCC1. The van der Waals surface area contributed by atoms with Gasteiger partial charge >= 0.3 is 0 Å². The molecule has 0 spiro atoms. The monoisotopic (exact) mass is 559 g/mol. The molecule has 37 heavy (non-hydrogen) atoms. The van der Waals surface area contributed by atoms with Crippen molar-refractivity contribution < 1.29 is 29.2 Å². The van der Waals surface area contributed by atoms with E-state index in [1.807, 2.05) is 25.7 Å². The van der Waals surface area contributed by atoms with Crippen LogP contribution in [0.4, 0.5) is 11.6 Å². The maximum Gasteiger partial charge on any atom is 0.270 e. The molecule has 0 amide bonds. The Balaban J connectivity index is 1.26. The molecule has 2 atom stereocenters. The van der Waals surface area contributed by atoms with Gasteiger partial charge in [0.1, 0.15) is 25.4 Å². The molecule has 2 aromatic heterocycles. The fraction of sp³-hybridized carbons (Fsp3) is 0.818. The molecule has 13 nitrogen and oxygen atoms in total. The van der Waals surface area contributed by atoms with E-state index in [0.29, 0.717) is 62.9 Å². The van der Waals surface area contributed by atoms with Crippen LogP contribution >= 0.6 is 23.5 Å². The molecule has 2 saturated heterocycles. The van der Waals surface area contributed by atoms with E-state index in [1.54, 1.807) is 0 Å². The lowest BCUT2D eigenvalue weighted by Crippen LogP contribution is -2.50. The van der Waals surface area contributed by atoms with Gasteiger partial charge in [0.25, 0.3) is 11.8 Å². The number of rotatable bonds is 12. The van der Waals surface area contributed by atoms with Gasteiger partial charge in [0.05, 0.1) is 49.9 Å². The first-order chi connectivity index (χ1) is 17.8. The van der Waals surface area contributed by atoms with E-state index in [-0.39, 0.29) is 18.8 Å². The predicted molar refractivity (Wildman–Crippen MR) is 140 cm³/mol. The zero-order valence-electron chi connectivity index (χ0n) is 21.6. The fourth-order valence-electron chi connectivity index (χ4n) is 4.06. The van der Waals surface area contributed by atoms with Crippen molar-refractivity contribution in [2.75, 3.05) is 88.7 Å². The molecule has 2 unspecified atom stereocenters. The summed E-state index contributed by atoms with van der Waals surface area (Å²) in [7, 11) is 0. The smallest absolute Gasteiger partial charge is 0.270 e. The van der Waals surface area contributed by atoms with E-state index in [1.165, 1.54) is 0 Å². The predicted octanol–water partition coefficient (Wildman–Crippen LogP) is 0.343. The molecule has 2 aromatic rings. The van der Waals surface area contributed by atoms with Crippen LogP contribution in [-0.4, -0.2) is 129 Å². The van der Waals surface area contributed by atoms with Crippen molar-refractivity contribution in [1.29, 1.82) is 0 Å². The Bertz CT molecular complexity index is 878. The molecule has 208 valence electrons. The van der Waals surface area contributed by atoms with E-state index in [0.717, 1.165) is 49.6 Å². The maximum absolute atomic E-state index is 10.8. The molecule has 2 aliphatic heterocycles. The van der Waals surface area contributed by atoms with Gasteiger partial charge in [-0.25, -0.2) is 0 Å². The highest BCUT2D eigenvalue weighted by atomic mass is 32.1. The first-order valence-electron chi connectivity index (χ1n) is 12.5. The maximum atomic E-state index is 10.8. The summed E-state index contributed by atoms with van der Waals surface area (Å²) in [6.07, 6.45) is -1.58. The van der Waals surface area contributed by atoms with Gasteiger partial charge in [-0.2, -0.15) is 8.75 Å². The Morgan fingerprint density at radius 2 is 1.19 bits per heavy atom. The zero-order chi connectivity index (χ0) is 26.3. The number of nitrogens with zero attached hydrogens (tertiary/aromatic N) is 7. The van der Waals surface area contributed by atoms with Crippen molar-refractivity contribution in [3.05, 3.63) is 0 Å². The lowest BCUT2D eigenvalue weighted by atomic mass is 10.0. The molecule has 15 heteroatoms. The van der Waals surface area contributed by atoms with E-state index < -0.39 is 12.2 Å². The van der Waals surface area contributed by atoms with E-state index in [4.69, 9.17) is 18.9 Å². The van der Waals surface area contributed by atoms with Gasteiger partial charge in [0.2, 0.25) is 11.6 Å². The van der Waals surface area contributed by atoms with Crippen LogP contribution in [0.3, 0.4) is 0 Å². The highest BCUT2D eigenvalue weighted by molar-refractivity contribution is 6.99. The summed E-state index contributed by atoms with van der Waals surface area (Å²) in [5, 5.41) is 21.5. The van der Waals surface area contributed by atoms with Crippen LogP contribution in [0.1, 0.15) is 20.8 Å². The minimum Gasteiger partial charge on any atom is -0.472 e. The van der Waals surface area contributed by atoms with E-state index >= 15 is 0 Å². The number of aliphatic hydroxyl groups is 2. The minimum atomic E-state index is -0.790. The standard InChI is InChI=1S/C22H37N7O6S2/c1-22(2,3)29(12-16(30)14-34-20-18(23-36-25-20)27-4-8-32-9-5-27)13-17(31)15-35-21-19(24-37-26-21)28-6-10-33-11-7-28/h16-17,30-31H,4-15H2,1-3H3. The van der Waals surface area contributed by atoms with Gasteiger partial charge in [-0.05, 0) is 20.8 Å². The third-order valence-corrected chi connectivity index (χ3v) is 7.15. The molecule has 0 saturated carbocycles. The van der Waals surface area contributed by atoms with Crippen molar-refractivity contribution in [1.82, 2.24) is 22.4 Å². The first kappa shape index (κ1) is 28.1. The quantitative estimate of drug-likeness (QED) is 0.370. The highest BCUT2D eigenvalue weighted by Crippen LogP contribution is 2.28. The van der Waals surface area contributed by atoms with Crippen LogP contribution in [-0.2, 0) is 9.47 Å². The first-order valence-corrected chi connectivity index (χ1v) is 13.9. The normalized spacial score (nSPS) is 18.8. The third kappa shape index (κ3) is 8.05. The van der Waals surface area contributed by atoms with Crippen LogP contribution in [0.25, 0.3) is 0 Å². The number of morpholine rings is 2. The van der Waals surface area contributed by atoms with Gasteiger partial charge < -0.3 is 39.0 Å². The Morgan fingerprint density at radius 1 is 0.784 bits per heavy atom. The van der Waals surface area contributed by atoms with E-state index in [9.17, 15) is 10.2 Å². The number of anilines is 2. The van der Waals surface area contributed by atoms with Gasteiger partial charge in [-0.15, -0.1) is 8.75 Å². The Labute approximate surface area is 225 Å². The molecular weight excluding hydrogens is 522 g/mol. The molecule has 0 aromatic carbocycles. The van der Waals surface area contributed by atoms with Gasteiger partial charge in [0, 0.05) is 44.8 Å². The summed E-state index contributed by atoms with van der Waals surface area (Å²) in [5.74, 6) is 2.23. The molecule has 2 N–H and O–H groups in total. The lowest BCUT2D eigenvalue weighted by molar-refractivity contribution is -0.00502. The Hall–Kier alpha value is -1.88. The fourth-order valence-corrected chi connectivity index (χ4v) is 5.10. The minimum absolute atomic E-state index is 0.0648. The molecule has 4 rings (SSSR count). The number of aromatic nitrogens is 4. The van der Waals surface area contributed by atoms with Crippen LogP contribution in [0, 0.1) is 0 Å². The molecular formula is C22H37N7O6S2. The summed E-state index contributed by atoms with van der Waals surface area (Å²) in [6, 6.07) is 0. The number of hydrogen-bond donors (Lipinski definition) is 2. The lowest BCUT2D eigenvalue weighted by Gasteiger charge is -2.38.